The zero-order valence-electron chi connectivity index (χ0n) is 35.2. The Bertz CT molecular complexity index is 1400. The Kier molecular flexibility index (Phi) is 22.4. The van der Waals surface area contributed by atoms with E-state index in [0.29, 0.717) is 12.8 Å². The maximum absolute atomic E-state index is 12.8. The van der Waals surface area contributed by atoms with Crippen molar-refractivity contribution in [3.8, 4) is 0 Å². The molecule has 3 aliphatic rings. The summed E-state index contributed by atoms with van der Waals surface area (Å²) in [5, 5.41) is 133. The molecule has 3 saturated heterocycles. The lowest BCUT2D eigenvalue weighted by Gasteiger charge is -2.50. The molecule has 0 radical (unpaired) electrons. The van der Waals surface area contributed by atoms with Crippen LogP contribution in [0.3, 0.4) is 0 Å². The van der Waals surface area contributed by atoms with Crippen molar-refractivity contribution in [1.29, 1.82) is 0 Å². The summed E-state index contributed by atoms with van der Waals surface area (Å²) >= 11 is 0. The molecule has 0 aromatic carbocycles. The van der Waals surface area contributed by atoms with E-state index in [0.717, 1.165) is 39.0 Å². The van der Waals surface area contributed by atoms with Crippen molar-refractivity contribution in [3.63, 3.8) is 0 Å². The molecule has 3 heterocycles. The maximum atomic E-state index is 12.8. The van der Waals surface area contributed by atoms with E-state index in [1.165, 1.54) is 6.08 Å². The van der Waals surface area contributed by atoms with Crippen LogP contribution in [0.2, 0.25) is 0 Å². The first-order valence-electron chi connectivity index (χ1n) is 21.1. The first-order chi connectivity index (χ1) is 29.4. The van der Waals surface area contributed by atoms with Gasteiger partial charge in [-0.1, -0.05) is 58.1 Å². The van der Waals surface area contributed by atoms with Crippen molar-refractivity contribution >= 4 is 17.8 Å². The van der Waals surface area contributed by atoms with Crippen LogP contribution < -0.4 is 10.6 Å². The Morgan fingerprint density at radius 2 is 1.50 bits per heavy atom. The van der Waals surface area contributed by atoms with E-state index < -0.39 is 155 Å². The van der Waals surface area contributed by atoms with E-state index in [1.54, 1.807) is 6.08 Å². The molecule has 3 fully saturated rings. The van der Waals surface area contributed by atoms with E-state index in [9.17, 15) is 75.7 Å². The molecule has 0 spiro atoms. The average Bonchev–Trinajstić information content (AvgIpc) is 3.23. The lowest BCUT2D eigenvalue weighted by molar-refractivity contribution is -0.386. The fourth-order valence-corrected chi connectivity index (χ4v) is 7.42. The first kappa shape index (κ1) is 53.8. The van der Waals surface area contributed by atoms with Crippen LogP contribution in [0.4, 0.5) is 0 Å². The van der Waals surface area contributed by atoms with E-state index in [4.69, 9.17) is 28.4 Å². The summed E-state index contributed by atoms with van der Waals surface area (Å²) in [5.41, 5.74) is 0. The van der Waals surface area contributed by atoms with Crippen LogP contribution in [0, 0.1) is 0 Å². The summed E-state index contributed by atoms with van der Waals surface area (Å²) in [6, 6.07) is -2.60. The van der Waals surface area contributed by atoms with Crippen molar-refractivity contribution in [3.05, 3.63) is 12.2 Å². The minimum absolute atomic E-state index is 0.192. The molecule has 0 aromatic rings. The Balaban J connectivity index is 1.81. The van der Waals surface area contributed by atoms with Crippen LogP contribution in [0.15, 0.2) is 12.2 Å². The number of carbonyl (C=O) groups is 3. The Hall–Kier alpha value is -2.53. The van der Waals surface area contributed by atoms with Crippen molar-refractivity contribution in [2.75, 3.05) is 26.4 Å². The SMILES string of the molecule is CCC/C=C/[C@@H](O)[C@H](CO[C@@H]1O[C@H](CO)[C@@H](O[C@@H]2O[C@H](CO)[C@H](O)[C@H](O[C@]3(C(=O)O)C[C@H](O)[C@@H](NC(C)=O)[C@H]([C@H](O)[C@H](O)CO)O3)[C@H]2O)[C@H](O)[C@H]1O)NC(=O)CCCCCCC. The molecule has 2 amide bonds. The number of aliphatic hydroxyl groups excluding tert-OH is 11. The number of hydrogen-bond acceptors (Lipinski definition) is 20. The van der Waals surface area contributed by atoms with Crippen molar-refractivity contribution in [1.82, 2.24) is 10.6 Å². The number of aliphatic carboxylic acids is 1. The first-order valence-corrected chi connectivity index (χ1v) is 21.1. The predicted molar refractivity (Wildman–Crippen MR) is 209 cm³/mol. The molecule has 360 valence electrons. The lowest BCUT2D eigenvalue weighted by atomic mass is 9.88. The van der Waals surface area contributed by atoms with Crippen LogP contribution in [0.5, 0.6) is 0 Å². The topological polar surface area (TPSA) is 373 Å². The highest BCUT2D eigenvalue weighted by Gasteiger charge is 2.60. The number of nitrogens with one attached hydrogen (secondary N) is 2. The van der Waals surface area contributed by atoms with Crippen LogP contribution in [-0.2, 0) is 42.8 Å². The molecular formula is C39H68N2O21. The fourth-order valence-electron chi connectivity index (χ4n) is 7.42. The Labute approximate surface area is 359 Å². The predicted octanol–water partition coefficient (Wildman–Crippen LogP) is -4.64. The molecule has 23 nitrogen and oxygen atoms in total. The molecule has 23 heteroatoms. The molecule has 62 heavy (non-hydrogen) atoms. The Morgan fingerprint density at radius 3 is 2.10 bits per heavy atom. The largest absolute Gasteiger partial charge is 0.477 e. The summed E-state index contributed by atoms with van der Waals surface area (Å²) in [5.74, 6) is -6.17. The number of aliphatic hydroxyl groups is 11. The second-order valence-corrected chi connectivity index (χ2v) is 15.9. The molecule has 3 aliphatic heterocycles. The highest BCUT2D eigenvalue weighted by Crippen LogP contribution is 2.38. The zero-order valence-corrected chi connectivity index (χ0v) is 35.2. The van der Waals surface area contributed by atoms with E-state index in [2.05, 4.69) is 17.6 Å². The smallest absolute Gasteiger partial charge is 0.364 e. The molecule has 0 aliphatic carbocycles. The van der Waals surface area contributed by atoms with Gasteiger partial charge in [0, 0.05) is 19.8 Å². The minimum Gasteiger partial charge on any atom is -0.477 e. The van der Waals surface area contributed by atoms with Gasteiger partial charge in [-0.2, -0.15) is 0 Å². The van der Waals surface area contributed by atoms with Crippen LogP contribution in [0.25, 0.3) is 0 Å². The second kappa shape index (κ2) is 25.8. The number of carbonyl (C=O) groups excluding carboxylic acids is 2. The van der Waals surface area contributed by atoms with Gasteiger partial charge in [0.15, 0.2) is 12.6 Å². The summed E-state index contributed by atoms with van der Waals surface area (Å²) in [6.45, 7) is 1.64. The molecule has 0 saturated carbocycles. The fraction of sp³-hybridized carbons (Fsp3) is 0.872. The molecular weight excluding hydrogens is 832 g/mol. The van der Waals surface area contributed by atoms with Gasteiger partial charge in [-0.25, -0.2) is 4.79 Å². The van der Waals surface area contributed by atoms with Gasteiger partial charge in [0.05, 0.1) is 50.7 Å². The zero-order chi connectivity index (χ0) is 46.3. The average molecular weight is 901 g/mol. The molecule has 14 N–H and O–H groups in total. The number of ether oxygens (including phenoxy) is 6. The van der Waals surface area contributed by atoms with Crippen molar-refractivity contribution in [2.24, 2.45) is 0 Å². The van der Waals surface area contributed by atoms with E-state index in [1.807, 2.05) is 6.92 Å². The van der Waals surface area contributed by atoms with Gasteiger partial charge in [-0.15, -0.1) is 0 Å². The number of unbranched alkanes of at least 4 members (excludes halogenated alkanes) is 5. The van der Waals surface area contributed by atoms with Gasteiger partial charge in [0.25, 0.3) is 5.79 Å². The van der Waals surface area contributed by atoms with Crippen LogP contribution in [0.1, 0.15) is 78.6 Å². The van der Waals surface area contributed by atoms with Crippen molar-refractivity contribution in [2.45, 2.75) is 188 Å². The third-order valence-electron chi connectivity index (χ3n) is 10.9. The number of carboxylic acids is 1. The van der Waals surface area contributed by atoms with Gasteiger partial charge in [-0.05, 0) is 12.8 Å². The number of rotatable bonds is 25. The third-order valence-corrected chi connectivity index (χ3v) is 10.9. The highest BCUT2D eigenvalue weighted by atomic mass is 16.8. The summed E-state index contributed by atoms with van der Waals surface area (Å²) < 4.78 is 34.0. The van der Waals surface area contributed by atoms with Gasteiger partial charge >= 0.3 is 5.97 Å². The van der Waals surface area contributed by atoms with Gasteiger partial charge in [-0.3, -0.25) is 9.59 Å². The number of hydrogen-bond donors (Lipinski definition) is 14. The number of carboxylic acid groups (broad SMARTS) is 1. The molecule has 3 rings (SSSR count). The Morgan fingerprint density at radius 1 is 0.839 bits per heavy atom. The molecule has 18 atom stereocenters. The van der Waals surface area contributed by atoms with Gasteiger partial charge in [0.2, 0.25) is 11.8 Å². The third kappa shape index (κ3) is 14.2. The number of allylic oxidation sites excluding steroid dienone is 1. The minimum atomic E-state index is -3.07. The van der Waals surface area contributed by atoms with Crippen LogP contribution >= 0.6 is 0 Å². The second-order valence-electron chi connectivity index (χ2n) is 15.9. The van der Waals surface area contributed by atoms with Gasteiger partial charge < -0.3 is 100 Å². The van der Waals surface area contributed by atoms with Crippen molar-refractivity contribution < 1.29 is 104 Å². The molecule has 0 unspecified atom stereocenters. The highest BCUT2D eigenvalue weighted by molar-refractivity contribution is 5.77. The van der Waals surface area contributed by atoms with Crippen LogP contribution in [-0.4, -0.2) is 215 Å². The van der Waals surface area contributed by atoms with E-state index in [-0.39, 0.29) is 12.3 Å². The van der Waals surface area contributed by atoms with Gasteiger partial charge in [0.1, 0.15) is 67.1 Å². The number of amides is 2. The normalized spacial score (nSPS) is 36.1. The maximum Gasteiger partial charge on any atom is 0.364 e. The van der Waals surface area contributed by atoms with E-state index >= 15 is 0 Å². The quantitative estimate of drug-likeness (QED) is 0.0303. The lowest BCUT2D eigenvalue weighted by Crippen LogP contribution is -2.70. The summed E-state index contributed by atoms with van der Waals surface area (Å²) in [6.07, 6.45) is -20.1. The summed E-state index contributed by atoms with van der Waals surface area (Å²) in [4.78, 5) is 37.6. The monoisotopic (exact) mass is 900 g/mol. The molecule has 0 bridgehead atoms. The molecule has 0 aromatic heterocycles. The standard InChI is InChI=1S/C39H68N2O21/c1-4-6-8-9-11-13-26(49)41-20(21(46)12-10-7-5-2)18-57-36-31(53)30(52)33(25(17-44)59-36)60-37-32(54)35(29(51)24(16-43)58-37)62-39(38(55)56)14-22(47)27(40-19(3)45)34(61-39)28(50)23(48)15-42/h10,12,20-25,27-37,42-44,46-48,50-54H,4-9,11,13-18H2,1-3H3,(H,40,45)(H,41,49)(H,55,56)/b12-10+/t20-,21+,22-,23+,24+,25+,27+,28+,29-,30+,31+,32+,33+,34+,35-,36+,37-,39-/m0/s1. The summed E-state index contributed by atoms with van der Waals surface area (Å²) in [7, 11) is 0.